The first-order valence-electron chi connectivity index (χ1n) is 8.75. The van der Waals surface area contributed by atoms with E-state index in [0.717, 1.165) is 48.8 Å². The van der Waals surface area contributed by atoms with Gasteiger partial charge >= 0.3 is 0 Å². The number of piperidine rings is 1. The highest BCUT2D eigenvalue weighted by Gasteiger charge is 2.33. The molecule has 4 heterocycles. The van der Waals surface area contributed by atoms with Crippen molar-refractivity contribution in [3.63, 3.8) is 0 Å². The fourth-order valence-corrected chi connectivity index (χ4v) is 3.33. The molecule has 1 fully saturated rings. The maximum atomic E-state index is 8.96. The number of aliphatic imine (C=N–C) groups is 1. The zero-order valence-corrected chi connectivity index (χ0v) is 14.4. The lowest BCUT2D eigenvalue weighted by Gasteiger charge is -2.35. The number of hydrazine groups is 1. The molecule has 134 valence electrons. The molecule has 3 aliphatic rings. The number of pyridine rings is 1. The average Bonchev–Trinajstić information content (AvgIpc) is 2.98. The molecule has 1 saturated heterocycles. The molecule has 0 aromatic carbocycles. The van der Waals surface area contributed by atoms with Crippen molar-refractivity contribution in [3.05, 3.63) is 42.1 Å². The van der Waals surface area contributed by atoms with Crippen molar-refractivity contribution in [2.75, 3.05) is 18.1 Å². The molecule has 0 spiro atoms. The predicted octanol–water partition coefficient (Wildman–Crippen LogP) is 1.26. The number of hydrogen-bond donors (Lipinski definition) is 2. The van der Waals surface area contributed by atoms with Gasteiger partial charge in [-0.2, -0.15) is 5.26 Å². The summed E-state index contributed by atoms with van der Waals surface area (Å²) in [6.45, 7) is 1.86. The van der Waals surface area contributed by atoms with Crippen molar-refractivity contribution in [3.8, 4) is 11.8 Å². The molecule has 3 N–H and O–H groups in total. The number of aromatic nitrogens is 1. The number of allylic oxidation sites excluding steroid dienone is 1. The summed E-state index contributed by atoms with van der Waals surface area (Å²) in [4.78, 5) is 8.67. The third-order valence-corrected chi connectivity index (χ3v) is 4.56. The van der Waals surface area contributed by atoms with Crippen molar-refractivity contribution >= 4 is 11.9 Å². The van der Waals surface area contributed by atoms with Crippen LogP contribution in [-0.2, 0) is 0 Å². The Balaban J connectivity index is 1.63. The Bertz CT molecular complexity index is 804. The SMILES string of the molecule is N#CCC1=CN2C(=C[C@H](N)N2c2cnccc2O[C@H]2CCCNC2)N=C1. The van der Waals surface area contributed by atoms with Crippen LogP contribution < -0.4 is 20.8 Å². The van der Waals surface area contributed by atoms with Gasteiger partial charge in [0.05, 0.1) is 18.7 Å². The van der Waals surface area contributed by atoms with E-state index in [1.54, 1.807) is 18.6 Å². The summed E-state index contributed by atoms with van der Waals surface area (Å²) >= 11 is 0. The Morgan fingerprint density at radius 2 is 2.38 bits per heavy atom. The van der Waals surface area contributed by atoms with Gasteiger partial charge in [-0.1, -0.05) is 0 Å². The van der Waals surface area contributed by atoms with Gasteiger partial charge in [-0.05, 0) is 25.5 Å². The zero-order valence-electron chi connectivity index (χ0n) is 14.4. The van der Waals surface area contributed by atoms with Gasteiger partial charge < -0.3 is 15.8 Å². The maximum Gasteiger partial charge on any atom is 0.150 e. The standard InChI is InChI=1S/C18H21N7O/c19-5-3-13-9-23-18-8-17(20)25(24(18)12-13)15-11-22-7-4-16(15)26-14-2-1-6-21-10-14/h4,7-9,11-12,14,17,21H,1-3,6,10,20H2/t14-,17+/m0/s1. The van der Waals surface area contributed by atoms with Gasteiger partial charge in [-0.15, -0.1) is 0 Å². The Hall–Kier alpha value is -2.89. The fraction of sp³-hybridized carbons (Fsp3) is 0.389. The summed E-state index contributed by atoms with van der Waals surface area (Å²) in [5, 5.41) is 16.1. The van der Waals surface area contributed by atoms with Crippen LogP contribution in [0, 0.1) is 11.3 Å². The monoisotopic (exact) mass is 351 g/mol. The molecule has 0 saturated carbocycles. The van der Waals surface area contributed by atoms with Crippen LogP contribution in [0.4, 0.5) is 5.69 Å². The van der Waals surface area contributed by atoms with E-state index >= 15 is 0 Å². The lowest BCUT2D eigenvalue weighted by Crippen LogP contribution is -2.45. The van der Waals surface area contributed by atoms with Crippen LogP contribution in [0.2, 0.25) is 0 Å². The first-order chi connectivity index (χ1) is 12.8. The van der Waals surface area contributed by atoms with Gasteiger partial charge in [-0.3, -0.25) is 9.99 Å². The topological polar surface area (TPSA) is 103 Å². The molecule has 0 amide bonds. The highest BCUT2D eigenvalue weighted by molar-refractivity contribution is 5.81. The zero-order chi connectivity index (χ0) is 17.9. The molecule has 8 heteroatoms. The number of nitrogens with two attached hydrogens (primary N) is 1. The molecule has 1 aromatic heterocycles. The molecular formula is C18H21N7O. The quantitative estimate of drug-likeness (QED) is 0.842. The first-order valence-corrected chi connectivity index (χ1v) is 8.75. The molecule has 0 unspecified atom stereocenters. The molecular weight excluding hydrogens is 330 g/mol. The third-order valence-electron chi connectivity index (χ3n) is 4.56. The van der Waals surface area contributed by atoms with E-state index in [0.29, 0.717) is 6.42 Å². The summed E-state index contributed by atoms with van der Waals surface area (Å²) in [6.07, 6.45) is 11.1. The van der Waals surface area contributed by atoms with Crippen molar-refractivity contribution in [2.45, 2.75) is 31.5 Å². The van der Waals surface area contributed by atoms with Crippen LogP contribution in [0.5, 0.6) is 5.75 Å². The van der Waals surface area contributed by atoms with E-state index < -0.39 is 6.17 Å². The van der Waals surface area contributed by atoms with Crippen LogP contribution in [0.15, 0.2) is 47.1 Å². The number of anilines is 1. The number of fused-ring (bicyclic) bond motifs is 1. The lowest BCUT2D eigenvalue weighted by atomic mass is 10.1. The minimum Gasteiger partial charge on any atom is -0.487 e. The van der Waals surface area contributed by atoms with Crippen molar-refractivity contribution in [1.82, 2.24) is 15.3 Å². The Labute approximate surface area is 152 Å². The first kappa shape index (κ1) is 16.6. The largest absolute Gasteiger partial charge is 0.487 e. The minimum absolute atomic E-state index is 0.125. The summed E-state index contributed by atoms with van der Waals surface area (Å²) in [5.74, 6) is 1.47. The molecule has 2 atom stereocenters. The van der Waals surface area contributed by atoms with Crippen molar-refractivity contribution in [2.24, 2.45) is 10.7 Å². The Kier molecular flexibility index (Phi) is 4.56. The molecule has 26 heavy (non-hydrogen) atoms. The molecule has 0 bridgehead atoms. The summed E-state index contributed by atoms with van der Waals surface area (Å²) in [5.41, 5.74) is 7.94. The molecule has 3 aliphatic heterocycles. The second-order valence-electron chi connectivity index (χ2n) is 6.43. The van der Waals surface area contributed by atoms with Gasteiger partial charge in [0, 0.05) is 36.8 Å². The third kappa shape index (κ3) is 3.14. The summed E-state index contributed by atoms with van der Waals surface area (Å²) in [7, 11) is 0. The second-order valence-corrected chi connectivity index (χ2v) is 6.43. The average molecular weight is 351 g/mol. The van der Waals surface area contributed by atoms with Gasteiger partial charge in [0.15, 0.2) is 5.82 Å². The highest BCUT2D eigenvalue weighted by atomic mass is 16.5. The number of nitrogens with one attached hydrogen (secondary N) is 1. The Morgan fingerprint density at radius 3 is 3.19 bits per heavy atom. The van der Waals surface area contributed by atoms with Crippen LogP contribution in [0.3, 0.4) is 0 Å². The van der Waals surface area contributed by atoms with Crippen LogP contribution in [0.1, 0.15) is 19.3 Å². The molecule has 1 aromatic rings. The molecule has 0 aliphatic carbocycles. The van der Waals surface area contributed by atoms with Crippen molar-refractivity contribution in [1.29, 1.82) is 5.26 Å². The van der Waals surface area contributed by atoms with Gasteiger partial charge in [-0.25, -0.2) is 10.0 Å². The smallest absolute Gasteiger partial charge is 0.150 e. The van der Waals surface area contributed by atoms with Gasteiger partial charge in [0.1, 0.15) is 23.7 Å². The van der Waals surface area contributed by atoms with E-state index in [9.17, 15) is 0 Å². The van der Waals surface area contributed by atoms with Gasteiger partial charge in [0.2, 0.25) is 0 Å². The number of ether oxygens (including phenoxy) is 1. The lowest BCUT2D eigenvalue weighted by molar-refractivity contribution is 0.166. The van der Waals surface area contributed by atoms with Gasteiger partial charge in [0.25, 0.3) is 0 Å². The summed E-state index contributed by atoms with van der Waals surface area (Å²) < 4.78 is 6.24. The number of rotatable bonds is 4. The van der Waals surface area contributed by atoms with E-state index in [-0.39, 0.29) is 6.10 Å². The van der Waals surface area contributed by atoms with Crippen LogP contribution >= 0.6 is 0 Å². The summed E-state index contributed by atoms with van der Waals surface area (Å²) in [6, 6.07) is 4.01. The highest BCUT2D eigenvalue weighted by Crippen LogP contribution is 2.36. The van der Waals surface area contributed by atoms with Crippen LogP contribution in [0.25, 0.3) is 0 Å². The van der Waals surface area contributed by atoms with E-state index in [2.05, 4.69) is 21.4 Å². The van der Waals surface area contributed by atoms with E-state index in [1.807, 2.05) is 28.4 Å². The Morgan fingerprint density at radius 1 is 1.46 bits per heavy atom. The fourth-order valence-electron chi connectivity index (χ4n) is 3.33. The number of nitrogens with zero attached hydrogens (tertiary/aromatic N) is 5. The predicted molar refractivity (Wildman–Crippen MR) is 97.9 cm³/mol. The van der Waals surface area contributed by atoms with Crippen molar-refractivity contribution < 1.29 is 4.74 Å². The maximum absolute atomic E-state index is 8.96. The minimum atomic E-state index is -0.393. The van der Waals surface area contributed by atoms with E-state index in [4.69, 9.17) is 15.7 Å². The number of nitriles is 1. The van der Waals surface area contributed by atoms with Crippen LogP contribution in [-0.4, -0.2) is 41.6 Å². The normalized spacial score (nSPS) is 24.6. The molecule has 8 nitrogen and oxygen atoms in total. The molecule has 0 radical (unpaired) electrons. The second kappa shape index (κ2) is 7.15. The van der Waals surface area contributed by atoms with E-state index in [1.165, 1.54) is 0 Å². The number of hydrogen-bond acceptors (Lipinski definition) is 8. The molecule has 4 rings (SSSR count).